The van der Waals surface area contributed by atoms with Crippen molar-refractivity contribution in [3.63, 3.8) is 0 Å². The van der Waals surface area contributed by atoms with Crippen molar-refractivity contribution in [2.75, 3.05) is 25.0 Å². The molecule has 2 aromatic carbocycles. The number of hydrogen-bond acceptors (Lipinski definition) is 5. The van der Waals surface area contributed by atoms with Crippen LogP contribution in [0.2, 0.25) is 0 Å². The molecule has 0 aliphatic rings. The van der Waals surface area contributed by atoms with E-state index in [1.54, 1.807) is 24.3 Å². The summed E-state index contributed by atoms with van der Waals surface area (Å²) in [4.78, 5) is 14.8. The van der Waals surface area contributed by atoms with E-state index in [9.17, 15) is 9.90 Å². The van der Waals surface area contributed by atoms with Crippen LogP contribution in [0.25, 0.3) is 0 Å². The van der Waals surface area contributed by atoms with Gasteiger partial charge in [0.05, 0.1) is 18.2 Å². The third-order valence-electron chi connectivity index (χ3n) is 5.34. The van der Waals surface area contributed by atoms with Crippen LogP contribution in [0.1, 0.15) is 50.8 Å². The highest BCUT2D eigenvalue weighted by Gasteiger charge is 2.39. The summed E-state index contributed by atoms with van der Waals surface area (Å²) < 4.78 is 5.76. The Morgan fingerprint density at radius 1 is 1.13 bits per heavy atom. The Kier molecular flexibility index (Phi) is 8.25. The first kappa shape index (κ1) is 23.2. The topological polar surface area (TPSA) is 85.6 Å². The van der Waals surface area contributed by atoms with Crippen molar-refractivity contribution in [2.45, 2.75) is 46.2 Å². The summed E-state index contributed by atoms with van der Waals surface area (Å²) in [5, 5.41) is 22.5. The molecule has 0 saturated carbocycles. The molecule has 30 heavy (non-hydrogen) atoms. The molecule has 0 amide bonds. The van der Waals surface area contributed by atoms with Crippen molar-refractivity contribution in [1.82, 2.24) is 4.90 Å². The number of anilines is 1. The van der Waals surface area contributed by atoms with Crippen molar-refractivity contribution in [3.05, 3.63) is 59.2 Å². The number of rotatable bonds is 11. The van der Waals surface area contributed by atoms with Gasteiger partial charge in [0.15, 0.2) is 5.54 Å². The quantitative estimate of drug-likeness (QED) is 0.564. The number of nitrogens with zero attached hydrogens (tertiary/aromatic N) is 2. The zero-order valence-corrected chi connectivity index (χ0v) is 18.2. The van der Waals surface area contributed by atoms with Gasteiger partial charge in [0.2, 0.25) is 0 Å². The van der Waals surface area contributed by atoms with Crippen molar-refractivity contribution in [2.24, 2.45) is 0 Å². The Labute approximate surface area is 179 Å². The number of nitriles is 1. The first-order valence-electron chi connectivity index (χ1n) is 10.4. The minimum absolute atomic E-state index is 0.336. The maximum Gasteiger partial charge on any atom is 0.334 e. The largest absolute Gasteiger partial charge is 0.494 e. The van der Waals surface area contributed by atoms with Crippen molar-refractivity contribution < 1.29 is 14.6 Å². The molecule has 0 spiro atoms. The van der Waals surface area contributed by atoms with Crippen LogP contribution in [0, 0.1) is 11.3 Å². The second-order valence-electron chi connectivity index (χ2n) is 7.14. The van der Waals surface area contributed by atoms with E-state index in [0.29, 0.717) is 35.6 Å². The average molecular weight is 410 g/mol. The van der Waals surface area contributed by atoms with Crippen molar-refractivity contribution >= 4 is 11.7 Å². The Bertz CT molecular complexity index is 886. The highest BCUT2D eigenvalue weighted by Crippen LogP contribution is 2.34. The van der Waals surface area contributed by atoms with Gasteiger partial charge in [-0.25, -0.2) is 4.79 Å². The fraction of sp³-hybridized carbons (Fsp3) is 0.417. The van der Waals surface area contributed by atoms with Gasteiger partial charge in [0, 0.05) is 12.2 Å². The monoisotopic (exact) mass is 409 g/mol. The van der Waals surface area contributed by atoms with Gasteiger partial charge in [-0.3, -0.25) is 4.90 Å². The van der Waals surface area contributed by atoms with Gasteiger partial charge in [-0.15, -0.1) is 0 Å². The molecular weight excluding hydrogens is 378 g/mol. The zero-order valence-electron chi connectivity index (χ0n) is 18.2. The molecule has 160 valence electrons. The number of ether oxygens (including phenoxy) is 1. The summed E-state index contributed by atoms with van der Waals surface area (Å²) in [5.74, 6) is -0.297. The van der Waals surface area contributed by atoms with Crippen LogP contribution in [-0.4, -0.2) is 35.7 Å². The lowest BCUT2D eigenvalue weighted by molar-refractivity contribution is -0.142. The van der Waals surface area contributed by atoms with E-state index >= 15 is 0 Å². The molecule has 0 fully saturated rings. The van der Waals surface area contributed by atoms with E-state index in [2.05, 4.69) is 30.1 Å². The second kappa shape index (κ2) is 10.7. The number of benzene rings is 2. The molecule has 6 nitrogen and oxygen atoms in total. The normalized spacial score (nSPS) is 12.8. The van der Waals surface area contributed by atoms with E-state index < -0.39 is 11.5 Å². The lowest BCUT2D eigenvalue weighted by Gasteiger charge is -2.32. The van der Waals surface area contributed by atoms with Crippen LogP contribution in [0.5, 0.6) is 5.75 Å². The van der Waals surface area contributed by atoms with Gasteiger partial charge >= 0.3 is 5.97 Å². The average Bonchev–Trinajstić information content (AvgIpc) is 2.76. The summed E-state index contributed by atoms with van der Waals surface area (Å²) in [7, 11) is 0. The standard InChI is InChI=1S/C24H31N3O3/c1-5-24(23(28)29,26-21-11-9-18(16-25)10-12-21)20-13-19(17-27(6-2)7-3)14-22(15-20)30-8-4/h9-15,26H,5-8,17H2,1-4H3,(H,28,29). The van der Waals surface area contributed by atoms with Crippen LogP contribution in [-0.2, 0) is 16.9 Å². The third kappa shape index (κ3) is 5.31. The van der Waals surface area contributed by atoms with Crippen LogP contribution in [0.15, 0.2) is 42.5 Å². The van der Waals surface area contributed by atoms with Crippen molar-refractivity contribution in [1.29, 1.82) is 5.26 Å². The molecule has 0 heterocycles. The molecule has 1 atom stereocenters. The van der Waals surface area contributed by atoms with Gasteiger partial charge in [0.25, 0.3) is 0 Å². The van der Waals surface area contributed by atoms with E-state index in [4.69, 9.17) is 10.00 Å². The summed E-state index contributed by atoms with van der Waals surface area (Å²) in [6, 6.07) is 14.6. The number of hydrogen-bond donors (Lipinski definition) is 2. The highest BCUT2D eigenvalue weighted by atomic mass is 16.5. The molecule has 2 N–H and O–H groups in total. The van der Waals surface area contributed by atoms with E-state index in [-0.39, 0.29) is 0 Å². The lowest BCUT2D eigenvalue weighted by atomic mass is 9.85. The number of nitrogens with one attached hydrogen (secondary N) is 1. The van der Waals surface area contributed by atoms with E-state index in [1.807, 2.05) is 32.0 Å². The van der Waals surface area contributed by atoms with Crippen LogP contribution in [0.3, 0.4) is 0 Å². The van der Waals surface area contributed by atoms with E-state index in [1.165, 1.54) is 0 Å². The fourth-order valence-corrected chi connectivity index (χ4v) is 3.52. The molecule has 6 heteroatoms. The van der Waals surface area contributed by atoms with Gasteiger partial charge in [-0.2, -0.15) is 5.26 Å². The first-order valence-corrected chi connectivity index (χ1v) is 10.4. The molecule has 0 aliphatic heterocycles. The summed E-state index contributed by atoms with van der Waals surface area (Å²) in [6.45, 7) is 11.0. The predicted octanol–water partition coefficient (Wildman–Crippen LogP) is 4.60. The first-order chi connectivity index (χ1) is 14.4. The molecule has 2 rings (SSSR count). The molecule has 0 saturated heterocycles. The van der Waals surface area contributed by atoms with Crippen LogP contribution in [0.4, 0.5) is 5.69 Å². The minimum atomic E-state index is -1.32. The molecule has 1 unspecified atom stereocenters. The number of aliphatic carboxylic acids is 1. The fourth-order valence-electron chi connectivity index (χ4n) is 3.52. The predicted molar refractivity (Wildman–Crippen MR) is 119 cm³/mol. The number of carbonyl (C=O) groups is 1. The summed E-state index contributed by atoms with van der Waals surface area (Å²) >= 11 is 0. The smallest absolute Gasteiger partial charge is 0.334 e. The third-order valence-corrected chi connectivity index (χ3v) is 5.34. The highest BCUT2D eigenvalue weighted by molar-refractivity contribution is 5.85. The van der Waals surface area contributed by atoms with Crippen LogP contribution >= 0.6 is 0 Å². The maximum absolute atomic E-state index is 12.5. The van der Waals surface area contributed by atoms with Crippen LogP contribution < -0.4 is 10.1 Å². The van der Waals surface area contributed by atoms with E-state index in [0.717, 1.165) is 25.2 Å². The van der Waals surface area contributed by atoms with Gasteiger partial charge in [0.1, 0.15) is 5.75 Å². The molecule has 2 aromatic rings. The van der Waals surface area contributed by atoms with Gasteiger partial charge in [-0.1, -0.05) is 26.8 Å². The SMILES string of the molecule is CCOc1cc(CN(CC)CC)cc(C(CC)(Nc2ccc(C#N)cc2)C(=O)O)c1. The van der Waals surface area contributed by atoms with Crippen molar-refractivity contribution in [3.8, 4) is 11.8 Å². The minimum Gasteiger partial charge on any atom is -0.494 e. The second-order valence-corrected chi connectivity index (χ2v) is 7.14. The number of carboxylic acids is 1. The Morgan fingerprint density at radius 3 is 2.30 bits per heavy atom. The molecular formula is C24H31N3O3. The Morgan fingerprint density at radius 2 is 1.80 bits per heavy atom. The Balaban J connectivity index is 2.54. The maximum atomic E-state index is 12.5. The zero-order chi connectivity index (χ0) is 22.1. The number of carboxylic acid groups (broad SMARTS) is 1. The summed E-state index contributed by atoms with van der Waals surface area (Å²) in [6.07, 6.45) is 0.336. The molecule has 0 bridgehead atoms. The van der Waals surface area contributed by atoms with Gasteiger partial charge < -0.3 is 15.2 Å². The molecule has 0 aliphatic carbocycles. The molecule has 0 radical (unpaired) electrons. The van der Waals surface area contributed by atoms with Gasteiger partial charge in [-0.05, 0) is 74.0 Å². The molecule has 0 aromatic heterocycles. The lowest BCUT2D eigenvalue weighted by Crippen LogP contribution is -2.43. The Hall–Kier alpha value is -3.04. The summed E-state index contributed by atoms with van der Waals surface area (Å²) in [5.41, 5.74) is 1.51.